The van der Waals surface area contributed by atoms with Gasteiger partial charge in [0.2, 0.25) is 0 Å². The Morgan fingerprint density at radius 2 is 1.88 bits per heavy atom. The van der Waals surface area contributed by atoms with Crippen LogP contribution in [0.15, 0.2) is 36.9 Å². The fourth-order valence-corrected chi connectivity index (χ4v) is 4.90. The third kappa shape index (κ3) is 2.26. The van der Waals surface area contributed by atoms with Gasteiger partial charge in [-0.1, -0.05) is 26.0 Å². The van der Waals surface area contributed by atoms with E-state index in [0.717, 1.165) is 12.1 Å². The van der Waals surface area contributed by atoms with E-state index in [2.05, 4.69) is 24.0 Å². The van der Waals surface area contributed by atoms with E-state index in [1.165, 1.54) is 7.11 Å². The van der Waals surface area contributed by atoms with Gasteiger partial charge in [-0.05, 0) is 29.9 Å². The van der Waals surface area contributed by atoms with Crippen LogP contribution < -0.4 is 0 Å². The van der Waals surface area contributed by atoms with Crippen LogP contribution in [0, 0.1) is 16.7 Å². The highest BCUT2D eigenvalue weighted by Crippen LogP contribution is 2.63. The second-order valence-electron chi connectivity index (χ2n) is 7.94. The van der Waals surface area contributed by atoms with Gasteiger partial charge in [0.25, 0.3) is 5.91 Å². The largest absolute Gasteiger partial charge is 0.469 e. The van der Waals surface area contributed by atoms with Gasteiger partial charge in [-0.2, -0.15) is 0 Å². The zero-order valence-corrected chi connectivity index (χ0v) is 15.2. The van der Waals surface area contributed by atoms with E-state index in [4.69, 9.17) is 4.74 Å². The number of likely N-dealkylation sites (tertiary alicyclic amines) is 1. The van der Waals surface area contributed by atoms with Gasteiger partial charge in [0.1, 0.15) is 12.7 Å². The molecule has 1 saturated heterocycles. The Labute approximate surface area is 152 Å². The molecule has 2 aliphatic rings. The minimum absolute atomic E-state index is 0.0248. The van der Waals surface area contributed by atoms with Crippen molar-refractivity contribution in [3.05, 3.63) is 42.5 Å². The summed E-state index contributed by atoms with van der Waals surface area (Å²) in [7, 11) is 1.42. The van der Waals surface area contributed by atoms with E-state index in [0.29, 0.717) is 18.7 Å². The molecule has 1 amide bonds. The van der Waals surface area contributed by atoms with E-state index in [1.54, 1.807) is 28.2 Å². The van der Waals surface area contributed by atoms with Crippen molar-refractivity contribution < 1.29 is 14.3 Å². The molecular formula is C19H22N4O3. The van der Waals surface area contributed by atoms with Crippen molar-refractivity contribution in [2.45, 2.75) is 20.3 Å². The lowest BCUT2D eigenvalue weighted by molar-refractivity contribution is -0.174. The van der Waals surface area contributed by atoms with E-state index < -0.39 is 5.41 Å². The van der Waals surface area contributed by atoms with Crippen LogP contribution in [0.5, 0.6) is 0 Å². The molecule has 0 bridgehead atoms. The number of hydrogen-bond acceptors (Lipinski definition) is 5. The second-order valence-corrected chi connectivity index (χ2v) is 7.94. The van der Waals surface area contributed by atoms with E-state index in [9.17, 15) is 9.59 Å². The number of benzene rings is 1. The summed E-state index contributed by atoms with van der Waals surface area (Å²) < 4.78 is 6.79. The third-order valence-electron chi connectivity index (χ3n) is 5.97. The molecule has 7 nitrogen and oxygen atoms in total. The summed E-state index contributed by atoms with van der Waals surface area (Å²) in [5.41, 5.74) is 0.760. The van der Waals surface area contributed by atoms with E-state index in [-0.39, 0.29) is 23.2 Å². The number of carbonyl (C=O) groups excluding carboxylic acids is 2. The number of fused-ring (bicyclic) bond motifs is 1. The first kappa shape index (κ1) is 16.8. The highest BCUT2D eigenvalue weighted by molar-refractivity contribution is 5.98. The SMILES string of the molecule is COC(=O)[C@@]12CN(C(=O)c3ccccc3-n3cnnc3)C[C@@H]1C(C)(C)C2. The fourth-order valence-electron chi connectivity index (χ4n) is 4.90. The number of amides is 1. The molecule has 2 aromatic rings. The molecule has 1 aliphatic carbocycles. The summed E-state index contributed by atoms with van der Waals surface area (Å²) >= 11 is 0. The summed E-state index contributed by atoms with van der Waals surface area (Å²) in [5.74, 6) is -0.166. The van der Waals surface area contributed by atoms with E-state index in [1.807, 2.05) is 18.2 Å². The molecule has 7 heteroatoms. The molecule has 1 aromatic carbocycles. The summed E-state index contributed by atoms with van der Waals surface area (Å²) in [5, 5.41) is 7.64. The number of methoxy groups -OCH3 is 1. The van der Waals surface area contributed by atoms with Gasteiger partial charge in [-0.25, -0.2) is 0 Å². The van der Waals surface area contributed by atoms with Crippen LogP contribution >= 0.6 is 0 Å². The number of nitrogens with zero attached hydrogens (tertiary/aromatic N) is 4. The number of rotatable bonds is 3. The average molecular weight is 354 g/mol. The van der Waals surface area contributed by atoms with Crippen molar-refractivity contribution in [3.63, 3.8) is 0 Å². The first-order chi connectivity index (χ1) is 12.4. The van der Waals surface area contributed by atoms with Crippen LogP contribution in [0.4, 0.5) is 0 Å². The highest BCUT2D eigenvalue weighted by atomic mass is 16.5. The number of aromatic nitrogens is 3. The molecule has 0 unspecified atom stereocenters. The van der Waals surface area contributed by atoms with Gasteiger partial charge in [-0.15, -0.1) is 10.2 Å². The number of carbonyl (C=O) groups is 2. The van der Waals surface area contributed by atoms with Crippen molar-refractivity contribution in [1.82, 2.24) is 19.7 Å². The number of ether oxygens (including phenoxy) is 1. The molecule has 136 valence electrons. The van der Waals surface area contributed by atoms with Crippen LogP contribution in [-0.4, -0.2) is 51.7 Å². The normalized spacial score (nSPS) is 26.1. The summed E-state index contributed by atoms with van der Waals surface area (Å²) in [6.45, 7) is 5.27. The molecule has 1 saturated carbocycles. The summed E-state index contributed by atoms with van der Waals surface area (Å²) in [6, 6.07) is 7.37. The molecule has 4 rings (SSSR count). The topological polar surface area (TPSA) is 77.3 Å². The number of para-hydroxylation sites is 1. The van der Waals surface area contributed by atoms with Gasteiger partial charge in [-0.3, -0.25) is 14.2 Å². The molecule has 0 radical (unpaired) electrons. The smallest absolute Gasteiger partial charge is 0.314 e. The van der Waals surface area contributed by atoms with Gasteiger partial charge in [0.05, 0.1) is 23.8 Å². The lowest BCUT2D eigenvalue weighted by Gasteiger charge is -2.54. The molecule has 2 heterocycles. The standard InChI is InChI=1S/C19H22N4O3/c1-18(2)9-19(17(25)26-3)10-22(8-15(18)19)16(24)13-6-4-5-7-14(13)23-11-20-21-12-23/h4-7,11-12,15H,8-10H2,1-3H3/t15-,19+/m1/s1. The third-order valence-corrected chi connectivity index (χ3v) is 5.97. The maximum atomic E-state index is 13.3. The molecule has 1 aromatic heterocycles. The first-order valence-corrected chi connectivity index (χ1v) is 8.71. The lowest BCUT2D eigenvalue weighted by Crippen LogP contribution is -2.57. The van der Waals surface area contributed by atoms with Crippen LogP contribution in [0.25, 0.3) is 5.69 Å². The Morgan fingerprint density at radius 3 is 2.54 bits per heavy atom. The molecule has 2 atom stereocenters. The Morgan fingerprint density at radius 1 is 1.19 bits per heavy atom. The van der Waals surface area contributed by atoms with Crippen LogP contribution in [0.1, 0.15) is 30.6 Å². The molecule has 0 N–H and O–H groups in total. The predicted octanol–water partition coefficient (Wildman–Crippen LogP) is 1.93. The fraction of sp³-hybridized carbons (Fsp3) is 0.474. The Bertz CT molecular complexity index is 861. The maximum Gasteiger partial charge on any atom is 0.314 e. The van der Waals surface area contributed by atoms with Crippen molar-refractivity contribution >= 4 is 11.9 Å². The zero-order chi connectivity index (χ0) is 18.5. The van der Waals surface area contributed by atoms with Crippen LogP contribution in [-0.2, 0) is 9.53 Å². The molecule has 2 fully saturated rings. The van der Waals surface area contributed by atoms with E-state index >= 15 is 0 Å². The zero-order valence-electron chi connectivity index (χ0n) is 15.2. The Hall–Kier alpha value is -2.70. The highest BCUT2D eigenvalue weighted by Gasteiger charge is 2.68. The molecule has 1 aliphatic heterocycles. The predicted molar refractivity (Wildman–Crippen MR) is 93.6 cm³/mol. The summed E-state index contributed by atoms with van der Waals surface area (Å²) in [6.07, 6.45) is 3.88. The van der Waals surface area contributed by atoms with Gasteiger partial charge >= 0.3 is 5.97 Å². The second kappa shape index (κ2) is 5.65. The lowest BCUT2D eigenvalue weighted by atomic mass is 9.48. The monoisotopic (exact) mass is 354 g/mol. The molecule has 0 spiro atoms. The number of hydrogen-bond donors (Lipinski definition) is 0. The maximum absolute atomic E-state index is 13.3. The van der Waals surface area contributed by atoms with Crippen LogP contribution in [0.3, 0.4) is 0 Å². The Balaban J connectivity index is 1.66. The average Bonchev–Trinajstić information content (AvgIpc) is 3.27. The van der Waals surface area contributed by atoms with Gasteiger partial charge in [0.15, 0.2) is 0 Å². The Kier molecular flexibility index (Phi) is 3.64. The van der Waals surface area contributed by atoms with Gasteiger partial charge in [0, 0.05) is 13.1 Å². The minimum Gasteiger partial charge on any atom is -0.469 e. The molecular weight excluding hydrogens is 332 g/mol. The van der Waals surface area contributed by atoms with Crippen molar-refractivity contribution in [3.8, 4) is 5.69 Å². The van der Waals surface area contributed by atoms with Crippen molar-refractivity contribution in [2.24, 2.45) is 16.7 Å². The minimum atomic E-state index is -0.570. The summed E-state index contributed by atoms with van der Waals surface area (Å²) in [4.78, 5) is 27.5. The van der Waals surface area contributed by atoms with Crippen LogP contribution in [0.2, 0.25) is 0 Å². The number of esters is 1. The van der Waals surface area contributed by atoms with Crippen molar-refractivity contribution in [1.29, 1.82) is 0 Å². The van der Waals surface area contributed by atoms with Gasteiger partial charge < -0.3 is 9.64 Å². The molecule has 26 heavy (non-hydrogen) atoms. The first-order valence-electron chi connectivity index (χ1n) is 8.71. The quantitative estimate of drug-likeness (QED) is 0.787. The van der Waals surface area contributed by atoms with Crippen molar-refractivity contribution in [2.75, 3.05) is 20.2 Å².